The van der Waals surface area contributed by atoms with Gasteiger partial charge in [-0.3, -0.25) is 14.9 Å². The van der Waals surface area contributed by atoms with E-state index in [0.717, 1.165) is 12.8 Å². The Labute approximate surface area is 90.2 Å². The average Bonchev–Trinajstić information content (AvgIpc) is 2.96. The topological polar surface area (TPSA) is 61.4 Å². The van der Waals surface area contributed by atoms with Crippen LogP contribution < -0.4 is 10.6 Å². The molecule has 86 valence electrons. The van der Waals surface area contributed by atoms with Crippen LogP contribution in [-0.4, -0.2) is 49.4 Å². The van der Waals surface area contributed by atoms with Gasteiger partial charge in [-0.1, -0.05) is 0 Å². The number of nitrogens with one attached hydrogen (secondary N) is 2. The van der Waals surface area contributed by atoms with Crippen molar-refractivity contribution in [2.24, 2.45) is 0 Å². The van der Waals surface area contributed by atoms with Crippen LogP contribution in [0.2, 0.25) is 0 Å². The minimum atomic E-state index is -0.311. The fourth-order valence-electron chi connectivity index (χ4n) is 1.05. The standard InChI is InChI=1S/C10H19N3O2/c1-7(10(15)12-8-4-5-8)11-6-9(14)13(2)3/h7-8,11H,4-6H2,1-3H3,(H,12,15). The van der Waals surface area contributed by atoms with Crippen LogP contribution in [0, 0.1) is 0 Å². The normalized spacial score (nSPS) is 17.0. The van der Waals surface area contributed by atoms with Gasteiger partial charge in [0.25, 0.3) is 0 Å². The van der Waals surface area contributed by atoms with Crippen LogP contribution in [0.3, 0.4) is 0 Å². The SMILES string of the molecule is CC(NCC(=O)N(C)C)C(=O)NC1CC1. The van der Waals surface area contributed by atoms with Crippen LogP contribution >= 0.6 is 0 Å². The maximum Gasteiger partial charge on any atom is 0.237 e. The monoisotopic (exact) mass is 213 g/mol. The molecule has 0 bridgehead atoms. The van der Waals surface area contributed by atoms with E-state index in [0.29, 0.717) is 6.04 Å². The Morgan fingerprint density at radius 3 is 2.47 bits per heavy atom. The second-order valence-electron chi connectivity index (χ2n) is 4.17. The lowest BCUT2D eigenvalue weighted by Crippen LogP contribution is -2.46. The van der Waals surface area contributed by atoms with Gasteiger partial charge in [-0.05, 0) is 19.8 Å². The highest BCUT2D eigenvalue weighted by atomic mass is 16.2. The molecule has 1 unspecified atom stereocenters. The Morgan fingerprint density at radius 1 is 1.40 bits per heavy atom. The molecule has 0 radical (unpaired) electrons. The van der Waals surface area contributed by atoms with E-state index in [1.165, 1.54) is 4.90 Å². The molecule has 0 saturated heterocycles. The molecular formula is C10H19N3O2. The molecule has 5 nitrogen and oxygen atoms in total. The molecule has 5 heteroatoms. The van der Waals surface area contributed by atoms with Crippen LogP contribution in [0.25, 0.3) is 0 Å². The van der Waals surface area contributed by atoms with E-state index in [-0.39, 0.29) is 24.4 Å². The molecule has 1 rings (SSSR count). The minimum Gasteiger partial charge on any atom is -0.352 e. The quantitative estimate of drug-likeness (QED) is 0.637. The van der Waals surface area contributed by atoms with E-state index in [9.17, 15) is 9.59 Å². The van der Waals surface area contributed by atoms with Crippen LogP contribution in [0.5, 0.6) is 0 Å². The lowest BCUT2D eigenvalue weighted by molar-refractivity contribution is -0.128. The highest BCUT2D eigenvalue weighted by Gasteiger charge is 2.25. The molecule has 1 fully saturated rings. The first-order valence-electron chi connectivity index (χ1n) is 5.24. The fraction of sp³-hybridized carbons (Fsp3) is 0.800. The summed E-state index contributed by atoms with van der Waals surface area (Å²) < 4.78 is 0. The van der Waals surface area contributed by atoms with Gasteiger partial charge in [-0.15, -0.1) is 0 Å². The Balaban J connectivity index is 2.19. The summed E-state index contributed by atoms with van der Waals surface area (Å²) in [6, 6.07) is 0.0563. The lowest BCUT2D eigenvalue weighted by Gasteiger charge is -2.15. The van der Waals surface area contributed by atoms with E-state index >= 15 is 0 Å². The second-order valence-corrected chi connectivity index (χ2v) is 4.17. The smallest absolute Gasteiger partial charge is 0.237 e. The lowest BCUT2D eigenvalue weighted by atomic mass is 10.3. The Hall–Kier alpha value is -1.10. The number of hydrogen-bond acceptors (Lipinski definition) is 3. The number of nitrogens with zero attached hydrogens (tertiary/aromatic N) is 1. The van der Waals surface area contributed by atoms with Gasteiger partial charge in [0.1, 0.15) is 0 Å². The van der Waals surface area contributed by atoms with Gasteiger partial charge in [-0.25, -0.2) is 0 Å². The predicted octanol–water partition coefficient (Wildman–Crippen LogP) is -0.669. The van der Waals surface area contributed by atoms with Crippen molar-refractivity contribution >= 4 is 11.8 Å². The van der Waals surface area contributed by atoms with Gasteiger partial charge in [0.15, 0.2) is 0 Å². The fourth-order valence-corrected chi connectivity index (χ4v) is 1.05. The number of rotatable bonds is 5. The van der Waals surface area contributed by atoms with Crippen molar-refractivity contribution in [1.82, 2.24) is 15.5 Å². The largest absolute Gasteiger partial charge is 0.352 e. The number of amides is 2. The van der Waals surface area contributed by atoms with E-state index in [1.807, 2.05) is 0 Å². The third-order valence-corrected chi connectivity index (χ3v) is 2.38. The molecule has 2 N–H and O–H groups in total. The van der Waals surface area contributed by atoms with Gasteiger partial charge in [0, 0.05) is 20.1 Å². The maximum atomic E-state index is 11.5. The van der Waals surface area contributed by atoms with E-state index < -0.39 is 0 Å². The van der Waals surface area contributed by atoms with Crippen LogP contribution in [0.1, 0.15) is 19.8 Å². The molecule has 0 aromatic heterocycles. The van der Waals surface area contributed by atoms with Crippen LogP contribution in [0.4, 0.5) is 0 Å². The maximum absolute atomic E-state index is 11.5. The van der Waals surface area contributed by atoms with E-state index in [2.05, 4.69) is 10.6 Å². The van der Waals surface area contributed by atoms with E-state index in [4.69, 9.17) is 0 Å². The summed E-state index contributed by atoms with van der Waals surface area (Å²) in [5, 5.41) is 5.77. The Kier molecular flexibility index (Phi) is 4.08. The van der Waals surface area contributed by atoms with Crippen molar-refractivity contribution in [3.8, 4) is 0 Å². The highest BCUT2D eigenvalue weighted by Crippen LogP contribution is 2.18. The summed E-state index contributed by atoms with van der Waals surface area (Å²) in [5.74, 6) is -0.0508. The second kappa shape index (κ2) is 5.11. The molecule has 1 saturated carbocycles. The molecule has 1 aliphatic carbocycles. The summed E-state index contributed by atoms with van der Waals surface area (Å²) in [7, 11) is 3.39. The summed E-state index contributed by atoms with van der Waals surface area (Å²) in [6.07, 6.45) is 2.16. The minimum absolute atomic E-state index is 0.0240. The first-order valence-corrected chi connectivity index (χ1v) is 5.24. The number of hydrogen-bond donors (Lipinski definition) is 2. The third-order valence-electron chi connectivity index (χ3n) is 2.38. The van der Waals surface area contributed by atoms with Gasteiger partial charge in [0.2, 0.25) is 11.8 Å². The van der Waals surface area contributed by atoms with Crippen molar-refractivity contribution in [2.75, 3.05) is 20.6 Å². The third kappa shape index (κ3) is 4.29. The summed E-state index contributed by atoms with van der Waals surface area (Å²) in [4.78, 5) is 24.2. The van der Waals surface area contributed by atoms with Crippen molar-refractivity contribution in [2.45, 2.75) is 31.8 Å². The van der Waals surface area contributed by atoms with Gasteiger partial charge in [0.05, 0.1) is 12.6 Å². The molecular weight excluding hydrogens is 194 g/mol. The van der Waals surface area contributed by atoms with Gasteiger partial charge >= 0.3 is 0 Å². The first kappa shape index (κ1) is 12.0. The van der Waals surface area contributed by atoms with E-state index in [1.54, 1.807) is 21.0 Å². The van der Waals surface area contributed by atoms with Crippen molar-refractivity contribution in [3.63, 3.8) is 0 Å². The predicted molar refractivity (Wildman–Crippen MR) is 57.3 cm³/mol. The van der Waals surface area contributed by atoms with Crippen molar-refractivity contribution < 1.29 is 9.59 Å². The number of likely N-dealkylation sites (N-methyl/N-ethyl adjacent to an activating group) is 1. The molecule has 0 aliphatic heterocycles. The zero-order valence-electron chi connectivity index (χ0n) is 9.54. The number of carbonyl (C=O) groups excluding carboxylic acids is 2. The molecule has 1 aliphatic rings. The first-order chi connectivity index (χ1) is 7.00. The summed E-state index contributed by atoms with van der Waals surface area (Å²) in [6.45, 7) is 1.97. The molecule has 0 aromatic carbocycles. The Morgan fingerprint density at radius 2 is 2.00 bits per heavy atom. The summed E-state index contributed by atoms with van der Waals surface area (Å²) >= 11 is 0. The Bertz CT molecular complexity index is 249. The molecule has 15 heavy (non-hydrogen) atoms. The molecule has 1 atom stereocenters. The van der Waals surface area contributed by atoms with Crippen molar-refractivity contribution in [3.05, 3.63) is 0 Å². The van der Waals surface area contributed by atoms with Crippen LogP contribution in [-0.2, 0) is 9.59 Å². The number of carbonyl (C=O) groups is 2. The zero-order chi connectivity index (χ0) is 11.4. The zero-order valence-corrected chi connectivity index (χ0v) is 9.54. The molecule has 0 aromatic rings. The molecule has 0 spiro atoms. The van der Waals surface area contributed by atoms with Gasteiger partial charge in [-0.2, -0.15) is 0 Å². The highest BCUT2D eigenvalue weighted by molar-refractivity contribution is 5.83. The van der Waals surface area contributed by atoms with Gasteiger partial charge < -0.3 is 10.2 Å². The van der Waals surface area contributed by atoms with Crippen LogP contribution in [0.15, 0.2) is 0 Å². The molecule has 2 amide bonds. The van der Waals surface area contributed by atoms with Crippen molar-refractivity contribution in [1.29, 1.82) is 0 Å². The molecule has 0 heterocycles. The average molecular weight is 213 g/mol. The summed E-state index contributed by atoms with van der Waals surface area (Å²) in [5.41, 5.74) is 0.